The molecular weight excluding hydrogens is 304 g/mol. The fourth-order valence-electron chi connectivity index (χ4n) is 2.89. The summed E-state index contributed by atoms with van der Waals surface area (Å²) in [7, 11) is 0. The second-order valence-electron chi connectivity index (χ2n) is 6.20. The Bertz CT molecular complexity index is 705. The molecule has 0 spiro atoms. The summed E-state index contributed by atoms with van der Waals surface area (Å²) in [5, 5.41) is 10.6. The Morgan fingerprint density at radius 3 is 2.92 bits per heavy atom. The van der Waals surface area contributed by atoms with Gasteiger partial charge in [0.05, 0.1) is 25.5 Å². The number of nitrogens with zero attached hydrogens (tertiary/aromatic N) is 2. The summed E-state index contributed by atoms with van der Waals surface area (Å²) in [6.07, 6.45) is 0. The van der Waals surface area contributed by atoms with Gasteiger partial charge in [-0.2, -0.15) is 5.10 Å². The van der Waals surface area contributed by atoms with Crippen molar-refractivity contribution in [2.24, 2.45) is 0 Å². The van der Waals surface area contributed by atoms with Gasteiger partial charge < -0.3 is 15.4 Å². The van der Waals surface area contributed by atoms with Crippen molar-refractivity contribution in [1.29, 1.82) is 0 Å². The predicted molar refractivity (Wildman–Crippen MR) is 91.7 cm³/mol. The predicted octanol–water partition coefficient (Wildman–Crippen LogP) is 1.15. The molecule has 2 heterocycles. The van der Waals surface area contributed by atoms with Gasteiger partial charge in [-0.3, -0.25) is 9.48 Å². The lowest BCUT2D eigenvalue weighted by Gasteiger charge is -2.22. The van der Waals surface area contributed by atoms with Gasteiger partial charge in [0, 0.05) is 18.8 Å². The maximum absolute atomic E-state index is 12.1. The second kappa shape index (κ2) is 7.59. The molecule has 0 unspecified atom stereocenters. The van der Waals surface area contributed by atoms with E-state index in [2.05, 4.69) is 40.9 Å². The Labute approximate surface area is 142 Å². The van der Waals surface area contributed by atoms with E-state index in [4.69, 9.17) is 4.74 Å². The van der Waals surface area contributed by atoms with Crippen LogP contribution in [0.25, 0.3) is 0 Å². The van der Waals surface area contributed by atoms with Crippen LogP contribution in [0.3, 0.4) is 0 Å². The third-order valence-corrected chi connectivity index (χ3v) is 4.13. The van der Waals surface area contributed by atoms with Crippen LogP contribution in [0.2, 0.25) is 0 Å². The standard InChI is InChI=1S/C18H24N4O2/c1-13-8-14(2)22(21-13)11-16-5-3-4-15(9-16)10-20-18(23)17-12-24-7-6-19-17/h3-5,8-9,17,19H,6-7,10-12H2,1-2H3,(H,20,23)/t17-/m0/s1. The normalized spacial score (nSPS) is 17.7. The molecule has 0 bridgehead atoms. The van der Waals surface area contributed by atoms with E-state index in [0.29, 0.717) is 19.8 Å². The SMILES string of the molecule is Cc1cc(C)n(Cc2cccc(CNC(=O)[C@@H]3COCCN3)c2)n1. The largest absolute Gasteiger partial charge is 0.378 e. The van der Waals surface area contributed by atoms with E-state index in [1.54, 1.807) is 0 Å². The molecule has 128 valence electrons. The molecule has 2 aromatic rings. The molecule has 0 aliphatic carbocycles. The molecule has 6 heteroatoms. The summed E-state index contributed by atoms with van der Waals surface area (Å²) < 4.78 is 7.32. The number of carbonyl (C=O) groups is 1. The fraction of sp³-hybridized carbons (Fsp3) is 0.444. The first kappa shape index (κ1) is 16.7. The zero-order valence-corrected chi connectivity index (χ0v) is 14.2. The van der Waals surface area contributed by atoms with Crippen LogP contribution in [-0.2, 0) is 22.6 Å². The number of aryl methyl sites for hydroxylation is 2. The number of aromatic nitrogens is 2. The van der Waals surface area contributed by atoms with E-state index in [1.807, 2.05) is 23.7 Å². The molecule has 1 aliphatic rings. The van der Waals surface area contributed by atoms with Gasteiger partial charge in [0.2, 0.25) is 5.91 Å². The second-order valence-corrected chi connectivity index (χ2v) is 6.20. The van der Waals surface area contributed by atoms with E-state index in [-0.39, 0.29) is 11.9 Å². The quantitative estimate of drug-likeness (QED) is 0.864. The minimum Gasteiger partial charge on any atom is -0.378 e. The average molecular weight is 328 g/mol. The summed E-state index contributed by atoms with van der Waals surface area (Å²) in [6, 6.07) is 10.1. The van der Waals surface area contributed by atoms with Crippen molar-refractivity contribution >= 4 is 5.91 Å². The van der Waals surface area contributed by atoms with Crippen LogP contribution < -0.4 is 10.6 Å². The molecule has 3 rings (SSSR count). The zero-order chi connectivity index (χ0) is 16.9. The number of rotatable bonds is 5. The van der Waals surface area contributed by atoms with Crippen molar-refractivity contribution in [3.05, 3.63) is 52.8 Å². The van der Waals surface area contributed by atoms with Crippen molar-refractivity contribution in [2.45, 2.75) is 33.0 Å². The highest BCUT2D eigenvalue weighted by Crippen LogP contribution is 2.10. The summed E-state index contributed by atoms with van der Waals surface area (Å²) in [4.78, 5) is 12.1. The maximum Gasteiger partial charge on any atom is 0.239 e. The number of amides is 1. The van der Waals surface area contributed by atoms with Crippen LogP contribution in [-0.4, -0.2) is 41.5 Å². The van der Waals surface area contributed by atoms with Crippen molar-refractivity contribution in [3.63, 3.8) is 0 Å². The van der Waals surface area contributed by atoms with E-state index in [0.717, 1.165) is 30.0 Å². The maximum atomic E-state index is 12.1. The summed E-state index contributed by atoms with van der Waals surface area (Å²) in [5.41, 5.74) is 4.43. The van der Waals surface area contributed by atoms with E-state index >= 15 is 0 Å². The highest BCUT2D eigenvalue weighted by atomic mass is 16.5. The van der Waals surface area contributed by atoms with Crippen molar-refractivity contribution < 1.29 is 9.53 Å². The van der Waals surface area contributed by atoms with Crippen molar-refractivity contribution in [2.75, 3.05) is 19.8 Å². The highest BCUT2D eigenvalue weighted by molar-refractivity contribution is 5.81. The first-order valence-corrected chi connectivity index (χ1v) is 8.29. The molecule has 24 heavy (non-hydrogen) atoms. The van der Waals surface area contributed by atoms with Gasteiger partial charge in [-0.25, -0.2) is 0 Å². The molecule has 1 saturated heterocycles. The first-order chi connectivity index (χ1) is 11.6. The van der Waals surface area contributed by atoms with E-state index in [1.165, 1.54) is 5.56 Å². The lowest BCUT2D eigenvalue weighted by Crippen LogP contribution is -2.51. The molecular formula is C18H24N4O2. The number of ether oxygens (including phenoxy) is 1. The van der Waals surface area contributed by atoms with Crippen LogP contribution in [0, 0.1) is 13.8 Å². The monoisotopic (exact) mass is 328 g/mol. The number of benzene rings is 1. The lowest BCUT2D eigenvalue weighted by atomic mass is 10.1. The van der Waals surface area contributed by atoms with Gasteiger partial charge in [0.15, 0.2) is 0 Å². The number of morpholine rings is 1. The van der Waals surface area contributed by atoms with Gasteiger partial charge in [-0.05, 0) is 31.0 Å². The smallest absolute Gasteiger partial charge is 0.239 e. The molecule has 0 saturated carbocycles. The van der Waals surface area contributed by atoms with Gasteiger partial charge in [-0.1, -0.05) is 24.3 Å². The summed E-state index contributed by atoms with van der Waals surface area (Å²) >= 11 is 0. The van der Waals surface area contributed by atoms with E-state index in [9.17, 15) is 4.79 Å². The molecule has 0 radical (unpaired) electrons. The topological polar surface area (TPSA) is 68.2 Å². The molecule has 2 N–H and O–H groups in total. The molecule has 1 aliphatic heterocycles. The summed E-state index contributed by atoms with van der Waals surface area (Å²) in [6.45, 7) is 7.13. The Kier molecular flexibility index (Phi) is 5.27. The minimum atomic E-state index is -0.253. The van der Waals surface area contributed by atoms with Crippen LogP contribution in [0.1, 0.15) is 22.5 Å². The third kappa shape index (κ3) is 4.21. The Morgan fingerprint density at radius 2 is 2.21 bits per heavy atom. The number of nitrogens with one attached hydrogen (secondary N) is 2. The molecule has 1 atom stereocenters. The first-order valence-electron chi connectivity index (χ1n) is 8.29. The Morgan fingerprint density at radius 1 is 1.38 bits per heavy atom. The highest BCUT2D eigenvalue weighted by Gasteiger charge is 2.20. The van der Waals surface area contributed by atoms with Crippen LogP contribution >= 0.6 is 0 Å². The minimum absolute atomic E-state index is 0.0151. The third-order valence-electron chi connectivity index (χ3n) is 4.13. The lowest BCUT2D eigenvalue weighted by molar-refractivity contribution is -0.126. The van der Waals surface area contributed by atoms with Gasteiger partial charge in [0.1, 0.15) is 6.04 Å². The zero-order valence-electron chi connectivity index (χ0n) is 14.2. The number of carbonyl (C=O) groups excluding carboxylic acids is 1. The molecule has 6 nitrogen and oxygen atoms in total. The number of hydrogen-bond donors (Lipinski definition) is 2. The van der Waals surface area contributed by atoms with Crippen LogP contribution in [0.15, 0.2) is 30.3 Å². The van der Waals surface area contributed by atoms with E-state index < -0.39 is 0 Å². The molecule has 1 aromatic heterocycles. The summed E-state index contributed by atoms with van der Waals surface area (Å²) in [5.74, 6) is -0.0151. The molecule has 1 fully saturated rings. The Hall–Kier alpha value is -2.18. The fourth-order valence-corrected chi connectivity index (χ4v) is 2.89. The van der Waals surface area contributed by atoms with Crippen LogP contribution in [0.5, 0.6) is 0 Å². The Balaban J connectivity index is 1.58. The van der Waals surface area contributed by atoms with Gasteiger partial charge in [-0.15, -0.1) is 0 Å². The van der Waals surface area contributed by atoms with Crippen LogP contribution in [0.4, 0.5) is 0 Å². The molecule has 1 aromatic carbocycles. The average Bonchev–Trinajstić information content (AvgIpc) is 2.91. The van der Waals surface area contributed by atoms with Crippen molar-refractivity contribution in [3.8, 4) is 0 Å². The molecule has 1 amide bonds. The van der Waals surface area contributed by atoms with Gasteiger partial charge >= 0.3 is 0 Å². The van der Waals surface area contributed by atoms with Crippen molar-refractivity contribution in [1.82, 2.24) is 20.4 Å². The van der Waals surface area contributed by atoms with Gasteiger partial charge in [0.25, 0.3) is 0 Å². The number of hydrogen-bond acceptors (Lipinski definition) is 4.